The fourth-order valence-corrected chi connectivity index (χ4v) is 4.28. The summed E-state index contributed by atoms with van der Waals surface area (Å²) in [6, 6.07) is 4.24. The molecule has 1 aliphatic carbocycles. The molecular formula is C13H18BrF2NS. The minimum absolute atomic E-state index is 0.0328. The minimum atomic E-state index is -2.46. The van der Waals surface area contributed by atoms with E-state index in [9.17, 15) is 8.78 Å². The van der Waals surface area contributed by atoms with E-state index in [1.54, 1.807) is 11.3 Å². The molecule has 18 heavy (non-hydrogen) atoms. The van der Waals surface area contributed by atoms with Gasteiger partial charge in [-0.3, -0.25) is 0 Å². The standard InChI is InChI=1S/C13H18BrF2NS/c1-17-11(7-10-4-5-12(14)18-10)9-3-2-6-13(15,16)8-9/h4-5,9,11,17H,2-3,6-8H2,1H3. The molecule has 1 N–H and O–H groups in total. The van der Waals surface area contributed by atoms with Crippen molar-refractivity contribution in [1.29, 1.82) is 0 Å². The zero-order chi connectivity index (χ0) is 13.2. The second-order valence-corrected chi connectivity index (χ2v) is 7.57. The first-order chi connectivity index (χ1) is 8.50. The fourth-order valence-electron chi connectivity index (χ4n) is 2.74. The Morgan fingerprint density at radius 3 is 2.89 bits per heavy atom. The van der Waals surface area contributed by atoms with E-state index in [-0.39, 0.29) is 24.8 Å². The summed E-state index contributed by atoms with van der Waals surface area (Å²) in [5, 5.41) is 3.23. The van der Waals surface area contributed by atoms with Crippen LogP contribution < -0.4 is 5.32 Å². The molecule has 1 fully saturated rings. The van der Waals surface area contributed by atoms with Gasteiger partial charge in [0, 0.05) is 23.8 Å². The van der Waals surface area contributed by atoms with Crippen LogP contribution in [0, 0.1) is 5.92 Å². The van der Waals surface area contributed by atoms with Crippen molar-refractivity contribution in [3.8, 4) is 0 Å². The van der Waals surface area contributed by atoms with Gasteiger partial charge in [0.1, 0.15) is 0 Å². The molecule has 102 valence electrons. The molecule has 5 heteroatoms. The highest BCUT2D eigenvalue weighted by Crippen LogP contribution is 2.39. The van der Waals surface area contributed by atoms with Crippen molar-refractivity contribution in [2.45, 2.75) is 44.1 Å². The lowest BCUT2D eigenvalue weighted by atomic mass is 9.80. The number of thiophene rings is 1. The maximum absolute atomic E-state index is 13.5. The van der Waals surface area contributed by atoms with Crippen LogP contribution in [0.15, 0.2) is 15.9 Å². The lowest BCUT2D eigenvalue weighted by Gasteiger charge is -2.34. The maximum Gasteiger partial charge on any atom is 0.248 e. The molecule has 1 aromatic heterocycles. The molecule has 2 unspecified atom stereocenters. The minimum Gasteiger partial charge on any atom is -0.316 e. The Labute approximate surface area is 119 Å². The third-order valence-corrected chi connectivity index (χ3v) is 5.31. The van der Waals surface area contributed by atoms with Crippen LogP contribution in [0.2, 0.25) is 0 Å². The molecule has 1 saturated carbocycles. The topological polar surface area (TPSA) is 12.0 Å². The summed E-state index contributed by atoms with van der Waals surface area (Å²) in [4.78, 5) is 1.25. The first-order valence-corrected chi connectivity index (χ1v) is 7.90. The average molecular weight is 338 g/mol. The molecule has 0 aromatic carbocycles. The van der Waals surface area contributed by atoms with Crippen LogP contribution >= 0.6 is 27.3 Å². The number of rotatable bonds is 4. The van der Waals surface area contributed by atoms with Crippen LogP contribution in [-0.4, -0.2) is 19.0 Å². The predicted octanol–water partition coefficient (Wildman–Crippen LogP) is 4.47. The van der Waals surface area contributed by atoms with Gasteiger partial charge in [-0.05, 0) is 60.3 Å². The van der Waals surface area contributed by atoms with Gasteiger partial charge in [-0.2, -0.15) is 0 Å². The second-order valence-electron chi connectivity index (χ2n) is 5.02. The van der Waals surface area contributed by atoms with Crippen molar-refractivity contribution in [3.63, 3.8) is 0 Å². The van der Waals surface area contributed by atoms with E-state index in [4.69, 9.17) is 0 Å². The van der Waals surface area contributed by atoms with Gasteiger partial charge in [0.25, 0.3) is 0 Å². The molecule has 0 radical (unpaired) electrons. The molecule has 1 aliphatic rings. The predicted molar refractivity (Wildman–Crippen MR) is 75.5 cm³/mol. The molecule has 1 heterocycles. The molecule has 1 aromatic rings. The van der Waals surface area contributed by atoms with Gasteiger partial charge in [-0.15, -0.1) is 11.3 Å². The van der Waals surface area contributed by atoms with E-state index in [1.165, 1.54) is 4.88 Å². The molecule has 2 rings (SSSR count). The molecule has 0 spiro atoms. The lowest BCUT2D eigenvalue weighted by Crippen LogP contribution is -2.40. The summed E-state index contributed by atoms with van der Waals surface area (Å²) in [6.07, 6.45) is 2.49. The van der Waals surface area contributed by atoms with Crippen molar-refractivity contribution in [2.24, 2.45) is 5.92 Å². The summed E-state index contributed by atoms with van der Waals surface area (Å²) in [6.45, 7) is 0. The molecule has 1 nitrogen and oxygen atoms in total. The highest BCUT2D eigenvalue weighted by atomic mass is 79.9. The van der Waals surface area contributed by atoms with Crippen molar-refractivity contribution < 1.29 is 8.78 Å². The molecule has 0 bridgehead atoms. The Hall–Kier alpha value is -0.0000000000000000833. The maximum atomic E-state index is 13.5. The number of halogens is 3. The number of alkyl halides is 2. The average Bonchev–Trinajstić information content (AvgIpc) is 2.70. The number of hydrogen-bond donors (Lipinski definition) is 1. The van der Waals surface area contributed by atoms with E-state index in [2.05, 4.69) is 27.3 Å². The van der Waals surface area contributed by atoms with Crippen molar-refractivity contribution in [3.05, 3.63) is 20.8 Å². The van der Waals surface area contributed by atoms with Crippen molar-refractivity contribution in [1.82, 2.24) is 5.32 Å². The Morgan fingerprint density at radius 2 is 2.33 bits per heavy atom. The lowest BCUT2D eigenvalue weighted by molar-refractivity contribution is -0.0576. The van der Waals surface area contributed by atoms with Crippen LogP contribution in [0.1, 0.15) is 30.6 Å². The van der Waals surface area contributed by atoms with Gasteiger partial charge in [0.2, 0.25) is 5.92 Å². The summed E-state index contributed by atoms with van der Waals surface area (Å²) in [5.74, 6) is -2.38. The Balaban J connectivity index is 1.99. The van der Waals surface area contributed by atoms with Gasteiger partial charge < -0.3 is 5.32 Å². The van der Waals surface area contributed by atoms with Crippen LogP contribution in [-0.2, 0) is 6.42 Å². The van der Waals surface area contributed by atoms with Crippen LogP contribution in [0.4, 0.5) is 8.78 Å². The smallest absolute Gasteiger partial charge is 0.248 e. The quantitative estimate of drug-likeness (QED) is 0.854. The zero-order valence-corrected chi connectivity index (χ0v) is 12.8. The first kappa shape index (κ1) is 14.4. The molecular weight excluding hydrogens is 320 g/mol. The van der Waals surface area contributed by atoms with Crippen LogP contribution in [0.5, 0.6) is 0 Å². The number of likely N-dealkylation sites (N-methyl/N-ethyl adjacent to an activating group) is 1. The fraction of sp³-hybridized carbons (Fsp3) is 0.692. The molecule has 0 saturated heterocycles. The highest BCUT2D eigenvalue weighted by Gasteiger charge is 2.38. The molecule has 0 aliphatic heterocycles. The Bertz CT molecular complexity index is 394. The van der Waals surface area contributed by atoms with Gasteiger partial charge in [-0.25, -0.2) is 8.78 Å². The SMILES string of the molecule is CNC(Cc1ccc(Br)s1)C1CCCC(F)(F)C1. The molecule has 0 amide bonds. The van der Waals surface area contributed by atoms with Gasteiger partial charge in [0.15, 0.2) is 0 Å². The Kier molecular flexibility index (Phi) is 4.78. The van der Waals surface area contributed by atoms with E-state index in [0.29, 0.717) is 6.42 Å². The van der Waals surface area contributed by atoms with Crippen LogP contribution in [0.25, 0.3) is 0 Å². The van der Waals surface area contributed by atoms with E-state index >= 15 is 0 Å². The van der Waals surface area contributed by atoms with E-state index in [1.807, 2.05) is 13.1 Å². The summed E-state index contributed by atoms with van der Waals surface area (Å²) < 4.78 is 28.0. The van der Waals surface area contributed by atoms with Crippen molar-refractivity contribution in [2.75, 3.05) is 7.05 Å². The summed E-state index contributed by atoms with van der Waals surface area (Å²) >= 11 is 5.12. The molecule has 2 atom stereocenters. The third kappa shape index (κ3) is 3.75. The first-order valence-electron chi connectivity index (χ1n) is 6.29. The van der Waals surface area contributed by atoms with Gasteiger partial charge in [-0.1, -0.05) is 0 Å². The Morgan fingerprint density at radius 1 is 1.56 bits per heavy atom. The highest BCUT2D eigenvalue weighted by molar-refractivity contribution is 9.11. The number of nitrogens with one attached hydrogen (secondary N) is 1. The summed E-state index contributed by atoms with van der Waals surface area (Å²) in [5.41, 5.74) is 0. The van der Waals surface area contributed by atoms with Crippen LogP contribution in [0.3, 0.4) is 0 Å². The van der Waals surface area contributed by atoms with Gasteiger partial charge >= 0.3 is 0 Å². The second kappa shape index (κ2) is 5.97. The van der Waals surface area contributed by atoms with Gasteiger partial charge in [0.05, 0.1) is 3.79 Å². The largest absolute Gasteiger partial charge is 0.316 e. The summed E-state index contributed by atoms with van der Waals surface area (Å²) in [7, 11) is 1.88. The number of hydrogen-bond acceptors (Lipinski definition) is 2. The van der Waals surface area contributed by atoms with Crippen molar-refractivity contribution >= 4 is 27.3 Å². The monoisotopic (exact) mass is 337 g/mol. The van der Waals surface area contributed by atoms with E-state index in [0.717, 1.165) is 16.6 Å². The normalized spacial score (nSPS) is 25.0. The van der Waals surface area contributed by atoms with E-state index < -0.39 is 5.92 Å². The third-order valence-electron chi connectivity index (χ3n) is 3.67. The zero-order valence-electron chi connectivity index (χ0n) is 10.4.